The summed E-state index contributed by atoms with van der Waals surface area (Å²) in [5.41, 5.74) is 2.46. The van der Waals surface area contributed by atoms with Crippen LogP contribution in [0.4, 0.5) is 14.9 Å². The van der Waals surface area contributed by atoms with Gasteiger partial charge in [0, 0.05) is 30.8 Å². The topological polar surface area (TPSA) is 61.9 Å². The van der Waals surface area contributed by atoms with Crippen LogP contribution in [0.5, 0.6) is 0 Å². The van der Waals surface area contributed by atoms with E-state index in [4.69, 9.17) is 16.3 Å². The number of amides is 3. The highest BCUT2D eigenvalue weighted by atomic mass is 35.5. The molecule has 0 aliphatic rings. The third kappa shape index (κ3) is 7.28. The molecule has 1 N–H and O–H groups in total. The van der Waals surface area contributed by atoms with E-state index in [1.165, 1.54) is 30.2 Å². The molecule has 3 rings (SSSR count). The number of hydrogen-bond acceptors (Lipinski definition) is 4. The molecule has 0 bridgehead atoms. The largest absolute Gasteiger partial charge is 0.383 e. The van der Waals surface area contributed by atoms with Gasteiger partial charge in [-0.3, -0.25) is 4.79 Å². The second kappa shape index (κ2) is 12.5. The van der Waals surface area contributed by atoms with Crippen LogP contribution in [-0.4, -0.2) is 48.5 Å². The Morgan fingerprint density at radius 2 is 1.85 bits per heavy atom. The second-order valence-electron chi connectivity index (χ2n) is 7.74. The second-order valence-corrected chi connectivity index (χ2v) is 9.14. The van der Waals surface area contributed by atoms with Gasteiger partial charge in [-0.2, -0.15) is 0 Å². The minimum Gasteiger partial charge on any atom is -0.383 e. The monoisotopic (exact) mass is 503 g/mol. The summed E-state index contributed by atoms with van der Waals surface area (Å²) >= 11 is 7.42. The van der Waals surface area contributed by atoms with Gasteiger partial charge in [0.15, 0.2) is 0 Å². The molecule has 2 aromatic carbocycles. The summed E-state index contributed by atoms with van der Waals surface area (Å²) in [4.78, 5) is 30.6. The molecule has 0 unspecified atom stereocenters. The van der Waals surface area contributed by atoms with E-state index >= 15 is 0 Å². The molecule has 9 heteroatoms. The number of nitrogens with one attached hydrogen (secondary N) is 1. The summed E-state index contributed by atoms with van der Waals surface area (Å²) in [6.45, 7) is 3.22. The van der Waals surface area contributed by atoms with Gasteiger partial charge < -0.3 is 19.9 Å². The number of anilines is 1. The van der Waals surface area contributed by atoms with Gasteiger partial charge in [0.25, 0.3) is 0 Å². The molecule has 34 heavy (non-hydrogen) atoms. The predicted molar refractivity (Wildman–Crippen MR) is 134 cm³/mol. The van der Waals surface area contributed by atoms with Crippen molar-refractivity contribution in [3.8, 4) is 0 Å². The first-order chi connectivity index (χ1) is 16.4. The molecule has 1 aromatic heterocycles. The summed E-state index contributed by atoms with van der Waals surface area (Å²) in [5, 5.41) is 4.58. The Bertz CT molecular complexity index is 1110. The normalized spacial score (nSPS) is 10.7. The van der Waals surface area contributed by atoms with Gasteiger partial charge >= 0.3 is 6.03 Å². The van der Waals surface area contributed by atoms with Crippen LogP contribution >= 0.6 is 22.9 Å². The molecule has 0 atom stereocenters. The highest BCUT2D eigenvalue weighted by Crippen LogP contribution is 2.21. The lowest BCUT2D eigenvalue weighted by atomic mass is 10.2. The van der Waals surface area contributed by atoms with E-state index in [0.29, 0.717) is 18.8 Å². The van der Waals surface area contributed by atoms with Crippen molar-refractivity contribution in [1.82, 2.24) is 9.80 Å². The van der Waals surface area contributed by atoms with E-state index in [9.17, 15) is 14.0 Å². The van der Waals surface area contributed by atoms with Crippen molar-refractivity contribution in [2.75, 3.05) is 32.1 Å². The molecule has 0 saturated heterocycles. The maximum atomic E-state index is 13.5. The van der Waals surface area contributed by atoms with E-state index in [-0.39, 0.29) is 30.6 Å². The highest BCUT2D eigenvalue weighted by Gasteiger charge is 2.23. The molecule has 0 spiro atoms. The number of aryl methyl sites for hydroxylation is 1. The quantitative estimate of drug-likeness (QED) is 0.394. The van der Waals surface area contributed by atoms with Crippen LogP contribution in [0.1, 0.15) is 16.0 Å². The van der Waals surface area contributed by atoms with Crippen LogP contribution in [0.3, 0.4) is 0 Å². The van der Waals surface area contributed by atoms with Gasteiger partial charge in [-0.1, -0.05) is 41.9 Å². The fourth-order valence-electron chi connectivity index (χ4n) is 3.27. The number of benzene rings is 2. The van der Waals surface area contributed by atoms with Crippen molar-refractivity contribution in [2.45, 2.75) is 20.0 Å². The Morgan fingerprint density at radius 1 is 1.09 bits per heavy atom. The van der Waals surface area contributed by atoms with E-state index in [0.717, 1.165) is 16.0 Å². The fourth-order valence-corrected chi connectivity index (χ4v) is 4.37. The molecule has 3 amide bonds. The maximum absolute atomic E-state index is 13.5. The van der Waals surface area contributed by atoms with Crippen LogP contribution in [0.15, 0.2) is 60.0 Å². The molecular formula is C25H27ClFN3O3S. The summed E-state index contributed by atoms with van der Waals surface area (Å²) in [6.07, 6.45) is 0. The molecule has 180 valence electrons. The molecule has 3 aromatic rings. The van der Waals surface area contributed by atoms with Gasteiger partial charge in [-0.05, 0) is 47.7 Å². The van der Waals surface area contributed by atoms with E-state index in [2.05, 4.69) is 5.32 Å². The van der Waals surface area contributed by atoms with E-state index < -0.39 is 11.8 Å². The molecule has 0 aliphatic carbocycles. The predicted octanol–water partition coefficient (Wildman–Crippen LogP) is 5.56. The minimum absolute atomic E-state index is 0.0994. The van der Waals surface area contributed by atoms with Crippen LogP contribution < -0.4 is 5.32 Å². The first-order valence-electron chi connectivity index (χ1n) is 10.7. The summed E-state index contributed by atoms with van der Waals surface area (Å²) in [7, 11) is 1.53. The Labute approximate surface area is 207 Å². The van der Waals surface area contributed by atoms with Crippen LogP contribution in [0.25, 0.3) is 0 Å². The molecule has 0 aliphatic heterocycles. The van der Waals surface area contributed by atoms with Crippen molar-refractivity contribution < 1.29 is 18.7 Å². The minimum atomic E-state index is -0.577. The van der Waals surface area contributed by atoms with Crippen LogP contribution in [0, 0.1) is 12.7 Å². The van der Waals surface area contributed by atoms with Crippen molar-refractivity contribution >= 4 is 40.6 Å². The lowest BCUT2D eigenvalue weighted by Gasteiger charge is -2.28. The zero-order chi connectivity index (χ0) is 24.5. The Morgan fingerprint density at radius 3 is 2.50 bits per heavy atom. The molecule has 1 heterocycles. The van der Waals surface area contributed by atoms with Crippen molar-refractivity contribution in [2.24, 2.45) is 0 Å². The summed E-state index contributed by atoms with van der Waals surface area (Å²) in [6, 6.07) is 15.2. The number of nitrogens with zero attached hydrogens (tertiary/aromatic N) is 2. The van der Waals surface area contributed by atoms with Gasteiger partial charge in [-0.15, -0.1) is 11.3 Å². The van der Waals surface area contributed by atoms with Gasteiger partial charge in [0.2, 0.25) is 5.91 Å². The number of rotatable bonds is 10. The number of methoxy groups -OCH3 is 1. The number of halogens is 2. The number of carbonyl (C=O) groups excluding carboxylic acids is 2. The zero-order valence-corrected chi connectivity index (χ0v) is 20.7. The molecule has 0 saturated carbocycles. The maximum Gasteiger partial charge on any atom is 0.322 e. The van der Waals surface area contributed by atoms with E-state index in [1.807, 2.05) is 48.7 Å². The van der Waals surface area contributed by atoms with Crippen molar-refractivity contribution in [3.63, 3.8) is 0 Å². The molecular weight excluding hydrogens is 477 g/mol. The van der Waals surface area contributed by atoms with Crippen molar-refractivity contribution in [3.05, 3.63) is 86.8 Å². The third-order valence-electron chi connectivity index (χ3n) is 5.22. The Balaban J connectivity index is 1.76. The lowest BCUT2D eigenvalue weighted by Crippen LogP contribution is -2.45. The van der Waals surface area contributed by atoms with Gasteiger partial charge in [0.1, 0.15) is 12.4 Å². The number of carbonyl (C=O) groups is 2. The number of thiophene rings is 1. The lowest BCUT2D eigenvalue weighted by molar-refractivity contribution is -0.133. The van der Waals surface area contributed by atoms with Crippen molar-refractivity contribution in [1.29, 1.82) is 0 Å². The molecule has 0 fully saturated rings. The molecule has 0 radical (unpaired) electrons. The standard InChI is InChI=1S/C25H27ClFN3O3S/c1-18-10-13-34-23(18)16-30(15-19-6-4-3-5-7-19)24(31)17-29(11-12-33-2)25(32)28-20-8-9-22(27)21(26)14-20/h3-10,13-14H,11-12,15-17H2,1-2H3,(H,28,32). The fraction of sp³-hybridized carbons (Fsp3) is 0.280. The first-order valence-corrected chi connectivity index (χ1v) is 12.0. The zero-order valence-electron chi connectivity index (χ0n) is 19.1. The summed E-state index contributed by atoms with van der Waals surface area (Å²) in [5.74, 6) is -0.772. The third-order valence-corrected chi connectivity index (χ3v) is 6.52. The average molecular weight is 504 g/mol. The van der Waals surface area contributed by atoms with E-state index in [1.54, 1.807) is 16.2 Å². The summed E-state index contributed by atoms with van der Waals surface area (Å²) < 4.78 is 18.6. The Hall–Kier alpha value is -2.94. The SMILES string of the molecule is COCCN(CC(=O)N(Cc1ccccc1)Cc1sccc1C)C(=O)Nc1ccc(F)c(Cl)c1. The number of urea groups is 1. The average Bonchev–Trinajstić information content (AvgIpc) is 3.23. The van der Waals surface area contributed by atoms with Crippen LogP contribution in [0.2, 0.25) is 5.02 Å². The Kier molecular flexibility index (Phi) is 9.44. The van der Waals surface area contributed by atoms with Gasteiger partial charge in [0.05, 0.1) is 18.2 Å². The number of ether oxygens (including phenoxy) is 1. The van der Waals surface area contributed by atoms with Crippen LogP contribution in [-0.2, 0) is 22.6 Å². The molecule has 6 nitrogen and oxygen atoms in total. The number of hydrogen-bond donors (Lipinski definition) is 1. The highest BCUT2D eigenvalue weighted by molar-refractivity contribution is 7.10. The smallest absolute Gasteiger partial charge is 0.322 e. The van der Waals surface area contributed by atoms with Gasteiger partial charge in [-0.25, -0.2) is 9.18 Å². The first kappa shape index (κ1) is 25.7.